The number of nitrogens with one attached hydrogen (secondary N) is 1. The van der Waals surface area contributed by atoms with Crippen molar-refractivity contribution in [1.82, 2.24) is 4.98 Å². The van der Waals surface area contributed by atoms with Crippen LogP contribution >= 0.6 is 15.9 Å². The number of carbonyl (C=O) groups is 1. The molecule has 1 aliphatic carbocycles. The Balaban J connectivity index is 2.15. The third kappa shape index (κ3) is 3.15. The van der Waals surface area contributed by atoms with Crippen LogP contribution in [-0.4, -0.2) is 17.4 Å². The van der Waals surface area contributed by atoms with Gasteiger partial charge in [-0.2, -0.15) is 0 Å². The van der Waals surface area contributed by atoms with Crippen LogP contribution in [0.4, 0.5) is 5.82 Å². The largest absolute Gasteiger partial charge is 0.329 e. The lowest BCUT2D eigenvalue weighted by atomic mass is 9.73. The fourth-order valence-corrected chi connectivity index (χ4v) is 3.11. The first-order valence-electron chi connectivity index (χ1n) is 6.71. The number of aromatic nitrogens is 1. The predicted molar refractivity (Wildman–Crippen MR) is 79.9 cm³/mol. The van der Waals surface area contributed by atoms with Crippen LogP contribution in [0.1, 0.15) is 37.7 Å². The normalized spacial score (nSPS) is 18.1. The van der Waals surface area contributed by atoms with E-state index in [1.807, 2.05) is 13.0 Å². The van der Waals surface area contributed by atoms with E-state index in [0.717, 1.165) is 35.7 Å². The van der Waals surface area contributed by atoms with Gasteiger partial charge in [0.15, 0.2) is 0 Å². The van der Waals surface area contributed by atoms with Crippen molar-refractivity contribution in [2.24, 2.45) is 11.1 Å². The highest BCUT2D eigenvalue weighted by molar-refractivity contribution is 9.10. The number of pyridine rings is 1. The quantitative estimate of drug-likeness (QED) is 0.897. The number of nitrogens with two attached hydrogens (primary N) is 1. The molecular weight excluding hydrogens is 306 g/mol. The summed E-state index contributed by atoms with van der Waals surface area (Å²) in [7, 11) is 0. The second kappa shape index (κ2) is 6.01. The van der Waals surface area contributed by atoms with Gasteiger partial charge in [-0.1, -0.05) is 19.3 Å². The maximum absolute atomic E-state index is 12.5. The molecule has 0 saturated heterocycles. The molecule has 1 amide bonds. The average molecular weight is 326 g/mol. The van der Waals surface area contributed by atoms with Crippen molar-refractivity contribution in [3.8, 4) is 0 Å². The van der Waals surface area contributed by atoms with E-state index in [1.165, 1.54) is 6.42 Å². The number of amides is 1. The van der Waals surface area contributed by atoms with Crippen molar-refractivity contribution in [3.63, 3.8) is 0 Å². The van der Waals surface area contributed by atoms with E-state index < -0.39 is 5.41 Å². The van der Waals surface area contributed by atoms with Gasteiger partial charge in [-0.05, 0) is 47.3 Å². The predicted octanol–water partition coefficient (Wildman–Crippen LogP) is 3.00. The second-order valence-corrected chi connectivity index (χ2v) is 6.23. The summed E-state index contributed by atoms with van der Waals surface area (Å²) >= 11 is 3.37. The van der Waals surface area contributed by atoms with E-state index in [0.29, 0.717) is 12.4 Å². The van der Waals surface area contributed by atoms with Crippen LogP contribution in [-0.2, 0) is 4.79 Å². The number of hydrogen-bond acceptors (Lipinski definition) is 3. The number of carbonyl (C=O) groups excluding carboxylic acids is 1. The Kier molecular flexibility index (Phi) is 4.58. The summed E-state index contributed by atoms with van der Waals surface area (Å²) in [5.74, 6) is 0.652. The van der Waals surface area contributed by atoms with Crippen LogP contribution in [0, 0.1) is 12.3 Å². The van der Waals surface area contributed by atoms with E-state index in [2.05, 4.69) is 26.2 Å². The summed E-state index contributed by atoms with van der Waals surface area (Å²) in [4.78, 5) is 16.8. The Morgan fingerprint density at radius 3 is 2.74 bits per heavy atom. The molecule has 2 rings (SSSR count). The Labute approximate surface area is 122 Å². The Hall–Kier alpha value is -0.940. The molecule has 0 bridgehead atoms. The fourth-order valence-electron chi connectivity index (χ4n) is 2.66. The SMILES string of the molecule is Cc1cc(Br)cnc1NC(=O)C1(CN)CCCCC1. The van der Waals surface area contributed by atoms with Gasteiger partial charge in [-0.3, -0.25) is 4.79 Å². The molecule has 1 heterocycles. The molecule has 1 fully saturated rings. The van der Waals surface area contributed by atoms with E-state index in [1.54, 1.807) is 6.20 Å². The molecule has 0 unspecified atom stereocenters. The molecule has 19 heavy (non-hydrogen) atoms. The van der Waals surface area contributed by atoms with Gasteiger partial charge in [-0.25, -0.2) is 4.98 Å². The summed E-state index contributed by atoms with van der Waals surface area (Å²) in [6.45, 7) is 2.35. The number of anilines is 1. The van der Waals surface area contributed by atoms with Gasteiger partial charge in [0.2, 0.25) is 5.91 Å². The zero-order valence-electron chi connectivity index (χ0n) is 11.2. The van der Waals surface area contributed by atoms with Crippen LogP contribution in [0.25, 0.3) is 0 Å². The van der Waals surface area contributed by atoms with Crippen LogP contribution < -0.4 is 11.1 Å². The van der Waals surface area contributed by atoms with Crippen LogP contribution in [0.3, 0.4) is 0 Å². The van der Waals surface area contributed by atoms with Gasteiger partial charge >= 0.3 is 0 Å². The molecule has 0 aliphatic heterocycles. The van der Waals surface area contributed by atoms with E-state index >= 15 is 0 Å². The Bertz CT molecular complexity index is 470. The minimum atomic E-state index is -0.403. The first-order chi connectivity index (χ1) is 9.07. The molecule has 1 saturated carbocycles. The molecule has 1 aromatic rings. The van der Waals surface area contributed by atoms with Gasteiger partial charge in [0.05, 0.1) is 5.41 Å². The monoisotopic (exact) mass is 325 g/mol. The first kappa shape index (κ1) is 14.5. The fraction of sp³-hybridized carbons (Fsp3) is 0.571. The lowest BCUT2D eigenvalue weighted by molar-refractivity contribution is -0.126. The number of aryl methyl sites for hydroxylation is 1. The van der Waals surface area contributed by atoms with Gasteiger partial charge in [0.25, 0.3) is 0 Å². The lowest BCUT2D eigenvalue weighted by Crippen LogP contribution is -2.44. The van der Waals surface area contributed by atoms with Gasteiger partial charge < -0.3 is 11.1 Å². The highest BCUT2D eigenvalue weighted by Gasteiger charge is 2.38. The highest BCUT2D eigenvalue weighted by Crippen LogP contribution is 2.36. The van der Waals surface area contributed by atoms with Crippen LogP contribution in [0.15, 0.2) is 16.7 Å². The Morgan fingerprint density at radius 2 is 2.16 bits per heavy atom. The topological polar surface area (TPSA) is 68.0 Å². The van der Waals surface area contributed by atoms with Gasteiger partial charge in [0.1, 0.15) is 5.82 Å². The zero-order valence-corrected chi connectivity index (χ0v) is 12.8. The lowest BCUT2D eigenvalue weighted by Gasteiger charge is -2.34. The molecule has 3 N–H and O–H groups in total. The van der Waals surface area contributed by atoms with Crippen molar-refractivity contribution >= 4 is 27.7 Å². The molecule has 0 aromatic carbocycles. The molecule has 0 radical (unpaired) electrons. The smallest absolute Gasteiger partial charge is 0.233 e. The number of nitrogens with zero attached hydrogens (tertiary/aromatic N) is 1. The molecular formula is C14H20BrN3O. The van der Waals surface area contributed by atoms with Crippen LogP contribution in [0.5, 0.6) is 0 Å². The maximum atomic E-state index is 12.5. The highest BCUT2D eigenvalue weighted by atomic mass is 79.9. The Morgan fingerprint density at radius 1 is 1.47 bits per heavy atom. The van der Waals surface area contributed by atoms with Crippen molar-refractivity contribution < 1.29 is 4.79 Å². The molecule has 1 aliphatic rings. The van der Waals surface area contributed by atoms with Gasteiger partial charge in [-0.15, -0.1) is 0 Å². The van der Waals surface area contributed by atoms with Crippen molar-refractivity contribution in [2.45, 2.75) is 39.0 Å². The van der Waals surface area contributed by atoms with Crippen molar-refractivity contribution in [3.05, 3.63) is 22.3 Å². The minimum Gasteiger partial charge on any atom is -0.329 e. The van der Waals surface area contributed by atoms with E-state index in [4.69, 9.17) is 5.73 Å². The summed E-state index contributed by atoms with van der Waals surface area (Å²) in [5, 5.41) is 2.95. The second-order valence-electron chi connectivity index (χ2n) is 5.32. The summed E-state index contributed by atoms with van der Waals surface area (Å²) in [5.41, 5.74) is 6.41. The summed E-state index contributed by atoms with van der Waals surface area (Å²) in [6.07, 6.45) is 6.81. The van der Waals surface area contributed by atoms with Crippen molar-refractivity contribution in [1.29, 1.82) is 0 Å². The van der Waals surface area contributed by atoms with Crippen molar-refractivity contribution in [2.75, 3.05) is 11.9 Å². The standard InChI is InChI=1S/C14H20BrN3O/c1-10-7-11(15)8-17-12(10)18-13(19)14(9-16)5-3-2-4-6-14/h7-8H,2-6,9,16H2,1H3,(H,17,18,19). The number of halogens is 1. The number of hydrogen-bond donors (Lipinski definition) is 2. The minimum absolute atomic E-state index is 0.0209. The third-order valence-corrected chi connectivity index (χ3v) is 4.39. The number of rotatable bonds is 3. The summed E-state index contributed by atoms with van der Waals surface area (Å²) in [6, 6.07) is 1.94. The zero-order chi connectivity index (χ0) is 13.9. The van der Waals surface area contributed by atoms with Gasteiger partial charge in [0, 0.05) is 17.2 Å². The molecule has 0 atom stereocenters. The third-order valence-electron chi connectivity index (χ3n) is 3.96. The van der Waals surface area contributed by atoms with E-state index in [9.17, 15) is 4.79 Å². The maximum Gasteiger partial charge on any atom is 0.233 e. The molecule has 5 heteroatoms. The van der Waals surface area contributed by atoms with E-state index in [-0.39, 0.29) is 5.91 Å². The average Bonchev–Trinajstić information content (AvgIpc) is 2.42. The molecule has 0 spiro atoms. The molecule has 4 nitrogen and oxygen atoms in total. The summed E-state index contributed by atoms with van der Waals surface area (Å²) < 4.78 is 0.911. The molecule has 1 aromatic heterocycles. The molecule has 104 valence electrons. The van der Waals surface area contributed by atoms with Crippen LogP contribution in [0.2, 0.25) is 0 Å². The first-order valence-corrected chi connectivity index (χ1v) is 7.50.